The van der Waals surface area contributed by atoms with Crippen LogP contribution in [0.3, 0.4) is 0 Å². The Morgan fingerprint density at radius 2 is 0.979 bits per heavy atom. The molecule has 8 aromatic rings. The fourth-order valence-electron chi connectivity index (χ4n) is 7.53. The average molecular weight is 601 g/mol. The Morgan fingerprint density at radius 1 is 0.383 bits per heavy atom. The molecule has 7 aromatic carbocycles. The molecular formula is C45H32N2. The minimum absolute atomic E-state index is 0.0511. The molecule has 0 spiro atoms. The van der Waals surface area contributed by atoms with Crippen molar-refractivity contribution in [2.75, 3.05) is 0 Å². The lowest BCUT2D eigenvalue weighted by atomic mass is 9.81. The SMILES string of the molecule is CC1(C)c2ccccc2-c2ccc(-c3ccc(-c4cc(-c5ccccc5)nc(-c5cccc6ccccc56)n4)c4ccccc34)cc21. The molecule has 222 valence electrons. The Hall–Kier alpha value is -5.86. The predicted octanol–water partition coefficient (Wildman–Crippen LogP) is 11.8. The molecule has 1 aliphatic carbocycles. The molecule has 0 atom stereocenters. The van der Waals surface area contributed by atoms with E-state index >= 15 is 0 Å². The maximum Gasteiger partial charge on any atom is 0.161 e. The van der Waals surface area contributed by atoms with Crippen LogP contribution in [0.25, 0.3) is 77.7 Å². The van der Waals surface area contributed by atoms with Crippen LogP contribution in [0.15, 0.2) is 158 Å². The molecular weight excluding hydrogens is 569 g/mol. The number of hydrogen-bond donors (Lipinski definition) is 0. The lowest BCUT2D eigenvalue weighted by Crippen LogP contribution is -2.14. The molecule has 1 aliphatic rings. The van der Waals surface area contributed by atoms with Crippen LogP contribution in [0.1, 0.15) is 25.0 Å². The van der Waals surface area contributed by atoms with Gasteiger partial charge in [-0.15, -0.1) is 0 Å². The monoisotopic (exact) mass is 600 g/mol. The van der Waals surface area contributed by atoms with Crippen molar-refractivity contribution in [2.24, 2.45) is 0 Å². The molecule has 0 fully saturated rings. The first-order valence-corrected chi connectivity index (χ1v) is 16.3. The number of nitrogens with zero attached hydrogens (tertiary/aromatic N) is 2. The van der Waals surface area contributed by atoms with Gasteiger partial charge in [0.1, 0.15) is 0 Å². The molecule has 9 rings (SSSR count). The normalized spacial score (nSPS) is 13.1. The van der Waals surface area contributed by atoms with Gasteiger partial charge in [-0.1, -0.05) is 159 Å². The highest BCUT2D eigenvalue weighted by Crippen LogP contribution is 2.50. The molecule has 0 saturated heterocycles. The summed E-state index contributed by atoms with van der Waals surface area (Å²) in [6, 6.07) is 56.5. The first-order chi connectivity index (χ1) is 23.1. The predicted molar refractivity (Wildman–Crippen MR) is 196 cm³/mol. The van der Waals surface area contributed by atoms with Crippen molar-refractivity contribution in [1.82, 2.24) is 9.97 Å². The van der Waals surface area contributed by atoms with E-state index in [1.807, 2.05) is 6.07 Å². The lowest BCUT2D eigenvalue weighted by Gasteiger charge is -2.22. The fourth-order valence-corrected chi connectivity index (χ4v) is 7.53. The minimum Gasteiger partial charge on any atom is -0.228 e. The van der Waals surface area contributed by atoms with Crippen LogP contribution in [-0.2, 0) is 5.41 Å². The van der Waals surface area contributed by atoms with E-state index < -0.39 is 0 Å². The lowest BCUT2D eigenvalue weighted by molar-refractivity contribution is 0.660. The van der Waals surface area contributed by atoms with Gasteiger partial charge < -0.3 is 0 Å². The number of hydrogen-bond acceptors (Lipinski definition) is 2. The van der Waals surface area contributed by atoms with E-state index in [2.05, 4.69) is 166 Å². The minimum atomic E-state index is -0.0511. The summed E-state index contributed by atoms with van der Waals surface area (Å²) in [5.41, 5.74) is 12.9. The molecule has 0 unspecified atom stereocenters. The van der Waals surface area contributed by atoms with E-state index in [1.54, 1.807) is 0 Å². The van der Waals surface area contributed by atoms with Gasteiger partial charge in [0, 0.05) is 22.1 Å². The van der Waals surface area contributed by atoms with Crippen molar-refractivity contribution in [3.05, 3.63) is 169 Å². The van der Waals surface area contributed by atoms with Gasteiger partial charge in [-0.05, 0) is 67.1 Å². The highest BCUT2D eigenvalue weighted by atomic mass is 14.9. The van der Waals surface area contributed by atoms with E-state index in [1.165, 1.54) is 49.5 Å². The molecule has 1 heterocycles. The van der Waals surface area contributed by atoms with Crippen LogP contribution in [-0.4, -0.2) is 9.97 Å². The van der Waals surface area contributed by atoms with Gasteiger partial charge in [0.2, 0.25) is 0 Å². The van der Waals surface area contributed by atoms with Crippen LogP contribution in [0, 0.1) is 0 Å². The van der Waals surface area contributed by atoms with E-state index in [-0.39, 0.29) is 5.41 Å². The molecule has 1 aromatic heterocycles. The van der Waals surface area contributed by atoms with Crippen molar-refractivity contribution in [1.29, 1.82) is 0 Å². The summed E-state index contributed by atoms with van der Waals surface area (Å²) < 4.78 is 0. The van der Waals surface area contributed by atoms with Gasteiger partial charge >= 0.3 is 0 Å². The second kappa shape index (κ2) is 10.6. The van der Waals surface area contributed by atoms with Gasteiger partial charge in [-0.3, -0.25) is 0 Å². The second-order valence-corrected chi connectivity index (χ2v) is 13.0. The van der Waals surface area contributed by atoms with Crippen molar-refractivity contribution in [3.8, 4) is 56.2 Å². The van der Waals surface area contributed by atoms with Crippen molar-refractivity contribution < 1.29 is 0 Å². The van der Waals surface area contributed by atoms with Crippen molar-refractivity contribution >= 4 is 21.5 Å². The highest BCUT2D eigenvalue weighted by Gasteiger charge is 2.35. The Labute approximate surface area is 275 Å². The molecule has 0 amide bonds. The summed E-state index contributed by atoms with van der Waals surface area (Å²) in [6.07, 6.45) is 0. The number of aromatic nitrogens is 2. The zero-order valence-electron chi connectivity index (χ0n) is 26.4. The summed E-state index contributed by atoms with van der Waals surface area (Å²) in [7, 11) is 0. The Kier molecular flexibility index (Phi) is 6.20. The fraction of sp³-hybridized carbons (Fsp3) is 0.0667. The maximum atomic E-state index is 5.28. The molecule has 0 N–H and O–H groups in total. The third-order valence-electron chi connectivity index (χ3n) is 9.92. The average Bonchev–Trinajstić information content (AvgIpc) is 3.36. The zero-order chi connectivity index (χ0) is 31.5. The molecule has 0 radical (unpaired) electrons. The second-order valence-electron chi connectivity index (χ2n) is 13.0. The van der Waals surface area contributed by atoms with Crippen LogP contribution < -0.4 is 0 Å². The Morgan fingerprint density at radius 3 is 1.83 bits per heavy atom. The van der Waals surface area contributed by atoms with Gasteiger partial charge in [-0.2, -0.15) is 0 Å². The standard InChI is InChI=1S/C45H32N2/c1-45(2)40-22-11-10-20-36(40)37-24-23-31(27-41(37)45)33-25-26-38(35-19-9-8-18-34(33)35)43-28-42(30-14-4-3-5-15-30)46-44(47-43)39-21-12-16-29-13-6-7-17-32(29)39/h3-28H,1-2H3. The molecule has 47 heavy (non-hydrogen) atoms. The number of rotatable bonds is 4. The van der Waals surface area contributed by atoms with E-state index in [4.69, 9.17) is 9.97 Å². The van der Waals surface area contributed by atoms with E-state index in [0.29, 0.717) is 0 Å². The molecule has 2 heteroatoms. The van der Waals surface area contributed by atoms with E-state index in [0.717, 1.165) is 39.3 Å². The van der Waals surface area contributed by atoms with Crippen LogP contribution in [0.4, 0.5) is 0 Å². The zero-order valence-corrected chi connectivity index (χ0v) is 26.4. The van der Waals surface area contributed by atoms with Crippen LogP contribution >= 0.6 is 0 Å². The molecule has 0 bridgehead atoms. The maximum absolute atomic E-state index is 5.28. The third-order valence-corrected chi connectivity index (χ3v) is 9.92. The largest absolute Gasteiger partial charge is 0.228 e. The third kappa shape index (κ3) is 4.40. The number of fused-ring (bicyclic) bond motifs is 5. The highest BCUT2D eigenvalue weighted by molar-refractivity contribution is 6.05. The first kappa shape index (κ1) is 27.5. The molecule has 2 nitrogen and oxygen atoms in total. The molecule has 0 aliphatic heterocycles. The summed E-state index contributed by atoms with van der Waals surface area (Å²) in [5, 5.41) is 4.71. The molecule has 0 saturated carbocycles. The first-order valence-electron chi connectivity index (χ1n) is 16.3. The summed E-state index contributed by atoms with van der Waals surface area (Å²) in [4.78, 5) is 10.4. The van der Waals surface area contributed by atoms with Gasteiger partial charge in [-0.25, -0.2) is 9.97 Å². The van der Waals surface area contributed by atoms with Gasteiger partial charge in [0.05, 0.1) is 11.4 Å². The van der Waals surface area contributed by atoms with E-state index in [9.17, 15) is 0 Å². The summed E-state index contributed by atoms with van der Waals surface area (Å²) in [5.74, 6) is 0.728. The van der Waals surface area contributed by atoms with Crippen LogP contribution in [0.2, 0.25) is 0 Å². The Balaban J connectivity index is 1.24. The number of benzene rings is 7. The van der Waals surface area contributed by atoms with Gasteiger partial charge in [0.15, 0.2) is 5.82 Å². The quantitative estimate of drug-likeness (QED) is 0.201. The smallest absolute Gasteiger partial charge is 0.161 e. The summed E-state index contributed by atoms with van der Waals surface area (Å²) in [6.45, 7) is 4.69. The van der Waals surface area contributed by atoms with Crippen molar-refractivity contribution in [2.45, 2.75) is 19.3 Å². The van der Waals surface area contributed by atoms with Gasteiger partial charge in [0.25, 0.3) is 0 Å². The van der Waals surface area contributed by atoms with Crippen LogP contribution in [0.5, 0.6) is 0 Å². The summed E-state index contributed by atoms with van der Waals surface area (Å²) >= 11 is 0. The van der Waals surface area contributed by atoms with Crippen molar-refractivity contribution in [3.63, 3.8) is 0 Å². The Bertz CT molecular complexity index is 2490. The topological polar surface area (TPSA) is 25.8 Å².